The Morgan fingerprint density at radius 3 is 2.19 bits per heavy atom. The average Bonchev–Trinajstić information content (AvgIpc) is 2.44. The molecule has 4 nitrogen and oxygen atoms in total. The molecule has 1 atom stereocenters. The first-order chi connectivity index (χ1) is 9.99. The van der Waals surface area contributed by atoms with Gasteiger partial charge in [0.05, 0.1) is 23.6 Å². The lowest BCUT2D eigenvalue weighted by atomic mass is 10.0. The predicted molar refractivity (Wildman–Crippen MR) is 78.4 cm³/mol. The number of benzene rings is 2. The van der Waals surface area contributed by atoms with Gasteiger partial charge in [-0.3, -0.25) is 0 Å². The molecule has 0 saturated heterocycles. The minimum absolute atomic E-state index is 0.525. The number of nitriles is 1. The van der Waals surface area contributed by atoms with E-state index in [2.05, 4.69) is 5.32 Å². The largest absolute Gasteiger partial charge is 0.548 e. The van der Waals surface area contributed by atoms with E-state index in [1.165, 1.54) is 0 Å². The number of hydrogen-bond acceptors (Lipinski definition) is 4. The molecule has 0 saturated carbocycles. The van der Waals surface area contributed by atoms with Gasteiger partial charge in [-0.2, -0.15) is 5.26 Å². The molecule has 0 radical (unpaired) electrons. The molecule has 4 heteroatoms. The minimum Gasteiger partial charge on any atom is -0.548 e. The molecule has 2 rings (SSSR count). The van der Waals surface area contributed by atoms with Crippen LogP contribution in [-0.4, -0.2) is 5.97 Å². The number of anilines is 1. The highest BCUT2D eigenvalue weighted by molar-refractivity contribution is 5.77. The molecular weight excluding hydrogens is 264 g/mol. The fraction of sp³-hybridized carbons (Fsp3) is 0.176. The molecule has 0 aliphatic heterocycles. The lowest BCUT2D eigenvalue weighted by molar-refractivity contribution is -0.307. The zero-order chi connectivity index (χ0) is 15.4. The minimum atomic E-state index is -1.19. The van der Waals surface area contributed by atoms with Crippen LogP contribution in [0.25, 0.3) is 0 Å². The van der Waals surface area contributed by atoms with E-state index in [9.17, 15) is 9.90 Å². The summed E-state index contributed by atoms with van der Waals surface area (Å²) in [6.45, 7) is 3.84. The van der Waals surface area contributed by atoms with Crippen LogP contribution in [0.5, 0.6) is 0 Å². The van der Waals surface area contributed by atoms with Gasteiger partial charge < -0.3 is 15.2 Å². The van der Waals surface area contributed by atoms with Crippen LogP contribution in [0.15, 0.2) is 42.5 Å². The second kappa shape index (κ2) is 6.10. The van der Waals surface area contributed by atoms with E-state index in [0.717, 1.165) is 11.1 Å². The maximum atomic E-state index is 11.4. The van der Waals surface area contributed by atoms with Crippen molar-refractivity contribution in [1.29, 1.82) is 5.26 Å². The Kier molecular flexibility index (Phi) is 4.24. The Bertz CT molecular complexity index is 679. The van der Waals surface area contributed by atoms with Gasteiger partial charge in [0.1, 0.15) is 0 Å². The molecule has 0 fully saturated rings. The normalized spacial score (nSPS) is 11.5. The number of carboxylic acid groups (broad SMARTS) is 1. The molecule has 106 valence electrons. The van der Waals surface area contributed by atoms with Gasteiger partial charge in [-0.1, -0.05) is 29.3 Å². The number of nitrogens with zero attached hydrogens (tertiary/aromatic N) is 1. The molecule has 0 amide bonds. The number of aryl methyl sites for hydroxylation is 2. The van der Waals surface area contributed by atoms with Crippen molar-refractivity contribution in [2.75, 3.05) is 5.32 Å². The van der Waals surface area contributed by atoms with Gasteiger partial charge in [-0.15, -0.1) is 0 Å². The topological polar surface area (TPSA) is 76.0 Å². The fourth-order valence-electron chi connectivity index (χ4n) is 2.26. The van der Waals surface area contributed by atoms with Crippen molar-refractivity contribution in [3.63, 3.8) is 0 Å². The summed E-state index contributed by atoms with van der Waals surface area (Å²) in [6.07, 6.45) is 0. The summed E-state index contributed by atoms with van der Waals surface area (Å²) in [5, 5.41) is 23.1. The van der Waals surface area contributed by atoms with E-state index in [1.54, 1.807) is 24.3 Å². The molecule has 2 aromatic rings. The first-order valence-corrected chi connectivity index (χ1v) is 6.55. The van der Waals surface area contributed by atoms with E-state index in [-0.39, 0.29) is 0 Å². The molecule has 0 bridgehead atoms. The van der Waals surface area contributed by atoms with Gasteiger partial charge in [0.25, 0.3) is 0 Å². The van der Waals surface area contributed by atoms with E-state index in [0.29, 0.717) is 16.8 Å². The van der Waals surface area contributed by atoms with Crippen molar-refractivity contribution in [1.82, 2.24) is 0 Å². The summed E-state index contributed by atoms with van der Waals surface area (Å²) < 4.78 is 0. The van der Waals surface area contributed by atoms with E-state index in [1.807, 2.05) is 38.1 Å². The lowest BCUT2D eigenvalue weighted by Crippen LogP contribution is -2.34. The highest BCUT2D eigenvalue weighted by atomic mass is 16.4. The Labute approximate surface area is 123 Å². The van der Waals surface area contributed by atoms with E-state index < -0.39 is 12.0 Å². The van der Waals surface area contributed by atoms with Crippen LogP contribution in [0.2, 0.25) is 0 Å². The third-order valence-corrected chi connectivity index (χ3v) is 3.14. The van der Waals surface area contributed by atoms with Crippen molar-refractivity contribution in [2.24, 2.45) is 0 Å². The van der Waals surface area contributed by atoms with Gasteiger partial charge in [0.2, 0.25) is 0 Å². The van der Waals surface area contributed by atoms with Gasteiger partial charge in [0.15, 0.2) is 0 Å². The maximum absolute atomic E-state index is 11.4. The van der Waals surface area contributed by atoms with Crippen molar-refractivity contribution in [2.45, 2.75) is 19.9 Å². The van der Waals surface area contributed by atoms with Crippen LogP contribution in [0, 0.1) is 25.2 Å². The maximum Gasteiger partial charge on any atom is 0.0991 e. The Morgan fingerprint density at radius 2 is 1.71 bits per heavy atom. The number of carboxylic acids is 1. The third kappa shape index (κ3) is 3.61. The van der Waals surface area contributed by atoms with Crippen LogP contribution < -0.4 is 10.4 Å². The van der Waals surface area contributed by atoms with Crippen LogP contribution in [-0.2, 0) is 4.79 Å². The number of nitrogens with one attached hydrogen (secondary N) is 1. The van der Waals surface area contributed by atoms with Crippen LogP contribution in [0.3, 0.4) is 0 Å². The quantitative estimate of drug-likeness (QED) is 0.929. The van der Waals surface area contributed by atoms with E-state index in [4.69, 9.17) is 5.26 Å². The van der Waals surface area contributed by atoms with Crippen molar-refractivity contribution < 1.29 is 9.90 Å². The van der Waals surface area contributed by atoms with Crippen molar-refractivity contribution >= 4 is 11.7 Å². The molecule has 1 N–H and O–H groups in total. The molecule has 0 aliphatic carbocycles. The van der Waals surface area contributed by atoms with Gasteiger partial charge in [-0.05, 0) is 43.7 Å². The second-order valence-electron chi connectivity index (χ2n) is 5.01. The van der Waals surface area contributed by atoms with Gasteiger partial charge >= 0.3 is 0 Å². The van der Waals surface area contributed by atoms with Crippen molar-refractivity contribution in [3.8, 4) is 6.07 Å². The highest BCUT2D eigenvalue weighted by Crippen LogP contribution is 2.22. The summed E-state index contributed by atoms with van der Waals surface area (Å²) in [6, 6.07) is 13.3. The first-order valence-electron chi connectivity index (χ1n) is 6.55. The Hall–Kier alpha value is -2.80. The molecule has 0 heterocycles. The Morgan fingerprint density at radius 1 is 1.14 bits per heavy atom. The van der Waals surface area contributed by atoms with Gasteiger partial charge in [-0.25, -0.2) is 0 Å². The van der Waals surface area contributed by atoms with Crippen LogP contribution in [0.1, 0.15) is 28.3 Å². The summed E-state index contributed by atoms with van der Waals surface area (Å²) in [4.78, 5) is 11.4. The predicted octanol–water partition coefficient (Wildman–Crippen LogP) is 2.08. The third-order valence-electron chi connectivity index (χ3n) is 3.14. The van der Waals surface area contributed by atoms with E-state index >= 15 is 0 Å². The smallest absolute Gasteiger partial charge is 0.0991 e. The number of carbonyl (C=O) groups is 1. The Balaban J connectivity index is 2.30. The summed E-state index contributed by atoms with van der Waals surface area (Å²) in [5.74, 6) is -1.19. The zero-order valence-electron chi connectivity index (χ0n) is 11.9. The fourth-order valence-corrected chi connectivity index (χ4v) is 2.26. The van der Waals surface area contributed by atoms with Crippen LogP contribution in [0.4, 0.5) is 5.69 Å². The number of aliphatic carboxylic acids is 1. The summed E-state index contributed by atoms with van der Waals surface area (Å²) in [5.41, 5.74) is 3.80. The number of carbonyl (C=O) groups excluding carboxylic acids is 1. The summed E-state index contributed by atoms with van der Waals surface area (Å²) in [7, 11) is 0. The molecule has 0 aromatic heterocycles. The molecule has 21 heavy (non-hydrogen) atoms. The van der Waals surface area contributed by atoms with Gasteiger partial charge in [0, 0.05) is 5.69 Å². The summed E-state index contributed by atoms with van der Waals surface area (Å²) >= 11 is 0. The lowest BCUT2D eigenvalue weighted by Gasteiger charge is -2.22. The molecule has 0 spiro atoms. The number of rotatable bonds is 4. The monoisotopic (exact) mass is 279 g/mol. The molecule has 2 aromatic carbocycles. The average molecular weight is 279 g/mol. The molecule has 1 unspecified atom stereocenters. The molecule has 0 aliphatic rings. The number of hydrogen-bond donors (Lipinski definition) is 1. The zero-order valence-corrected chi connectivity index (χ0v) is 11.9. The standard InChI is InChI=1S/C17H16N2O2/c1-11-7-12(2)9-14(8-11)16(17(20)21)19-15-5-3-13(10-18)4-6-15/h3-9,16,19H,1-2H3,(H,20,21)/p-1. The highest BCUT2D eigenvalue weighted by Gasteiger charge is 2.13. The SMILES string of the molecule is Cc1cc(C)cc(C(Nc2ccc(C#N)cc2)C(=O)[O-])c1. The first kappa shape index (κ1) is 14.6. The molecular formula is C17H15N2O2-. The van der Waals surface area contributed by atoms with Crippen molar-refractivity contribution in [3.05, 3.63) is 64.7 Å². The van der Waals surface area contributed by atoms with Crippen LogP contribution >= 0.6 is 0 Å². The second-order valence-corrected chi connectivity index (χ2v) is 5.01.